The number of para-hydroxylation sites is 1. The predicted octanol–water partition coefficient (Wildman–Crippen LogP) is 2.47. The summed E-state index contributed by atoms with van der Waals surface area (Å²) in [6, 6.07) is 16.7. The van der Waals surface area contributed by atoms with Crippen LogP contribution in [0.1, 0.15) is 29.0 Å². The molecule has 0 aromatic heterocycles. The number of carbonyl (C=O) groups excluding carboxylic acids is 1. The number of hydrogen-bond acceptors (Lipinski definition) is 2. The van der Waals surface area contributed by atoms with Gasteiger partial charge in [-0.25, -0.2) is 0 Å². The molecule has 140 valence electrons. The molecule has 0 bridgehead atoms. The zero-order valence-corrected chi connectivity index (χ0v) is 15.7. The molecule has 0 fully saturated rings. The number of aryl methyl sites for hydroxylation is 1. The molecule has 2 aromatic carbocycles. The summed E-state index contributed by atoms with van der Waals surface area (Å²) in [7, 11) is 1.79. The highest BCUT2D eigenvalue weighted by Crippen LogP contribution is 2.32. The molecule has 1 heterocycles. The van der Waals surface area contributed by atoms with Gasteiger partial charge in [0.2, 0.25) is 5.91 Å². The summed E-state index contributed by atoms with van der Waals surface area (Å²) in [6.45, 7) is 2.19. The number of fused-ring (bicyclic) bond motifs is 2. The van der Waals surface area contributed by atoms with Gasteiger partial charge in [-0.3, -0.25) is 9.79 Å². The van der Waals surface area contributed by atoms with Gasteiger partial charge in [0.15, 0.2) is 5.96 Å². The topological polar surface area (TPSA) is 56.7 Å². The third-order valence-electron chi connectivity index (χ3n) is 5.55. The van der Waals surface area contributed by atoms with Gasteiger partial charge in [-0.15, -0.1) is 0 Å². The van der Waals surface area contributed by atoms with E-state index in [4.69, 9.17) is 0 Å². The molecule has 2 N–H and O–H groups in total. The van der Waals surface area contributed by atoms with Crippen LogP contribution >= 0.6 is 0 Å². The molecular weight excluding hydrogens is 336 g/mol. The lowest BCUT2D eigenvalue weighted by atomic mass is 10.0. The first-order valence-electron chi connectivity index (χ1n) is 9.67. The summed E-state index contributed by atoms with van der Waals surface area (Å²) in [5, 5.41) is 6.78. The first-order chi connectivity index (χ1) is 13.3. The van der Waals surface area contributed by atoms with E-state index in [1.165, 1.54) is 17.5 Å². The van der Waals surface area contributed by atoms with Crippen LogP contribution in [0.3, 0.4) is 0 Å². The molecule has 0 saturated carbocycles. The van der Waals surface area contributed by atoms with Crippen LogP contribution < -0.4 is 15.5 Å². The van der Waals surface area contributed by atoms with Crippen molar-refractivity contribution in [1.29, 1.82) is 0 Å². The lowest BCUT2D eigenvalue weighted by molar-refractivity contribution is -0.117. The third kappa shape index (κ3) is 3.68. The Hall–Kier alpha value is -2.82. The van der Waals surface area contributed by atoms with Crippen molar-refractivity contribution in [2.75, 3.05) is 31.6 Å². The SMILES string of the molecule is CN=C(NCCN1C(=O)Cc2ccccc21)NCC1CCc2ccccc21. The average Bonchev–Trinajstić information content (AvgIpc) is 3.25. The van der Waals surface area contributed by atoms with E-state index in [2.05, 4.69) is 39.9 Å². The van der Waals surface area contributed by atoms with Crippen molar-refractivity contribution in [3.05, 3.63) is 65.2 Å². The second-order valence-corrected chi connectivity index (χ2v) is 7.17. The van der Waals surface area contributed by atoms with E-state index in [1.54, 1.807) is 7.05 Å². The van der Waals surface area contributed by atoms with Gasteiger partial charge < -0.3 is 15.5 Å². The molecule has 0 saturated heterocycles. The summed E-state index contributed by atoms with van der Waals surface area (Å²) in [5.74, 6) is 1.50. The van der Waals surface area contributed by atoms with Crippen molar-refractivity contribution >= 4 is 17.6 Å². The second-order valence-electron chi connectivity index (χ2n) is 7.17. The molecule has 1 aliphatic heterocycles. The monoisotopic (exact) mass is 362 g/mol. The zero-order chi connectivity index (χ0) is 18.6. The molecule has 1 unspecified atom stereocenters. The van der Waals surface area contributed by atoms with Crippen molar-refractivity contribution in [3.63, 3.8) is 0 Å². The largest absolute Gasteiger partial charge is 0.356 e. The van der Waals surface area contributed by atoms with Crippen molar-refractivity contribution in [1.82, 2.24) is 10.6 Å². The third-order valence-corrected chi connectivity index (χ3v) is 5.55. The van der Waals surface area contributed by atoms with Crippen LogP contribution in [0.5, 0.6) is 0 Å². The van der Waals surface area contributed by atoms with Crippen LogP contribution in [0, 0.1) is 0 Å². The smallest absolute Gasteiger partial charge is 0.231 e. The van der Waals surface area contributed by atoms with Crippen LogP contribution in [0.2, 0.25) is 0 Å². The Balaban J connectivity index is 1.28. The summed E-state index contributed by atoms with van der Waals surface area (Å²) >= 11 is 0. The van der Waals surface area contributed by atoms with Gasteiger partial charge >= 0.3 is 0 Å². The summed E-state index contributed by atoms with van der Waals surface area (Å²) in [5.41, 5.74) is 5.08. The Labute approximate surface area is 160 Å². The molecule has 27 heavy (non-hydrogen) atoms. The van der Waals surface area contributed by atoms with Crippen molar-refractivity contribution in [2.45, 2.75) is 25.2 Å². The maximum atomic E-state index is 12.2. The number of anilines is 1. The van der Waals surface area contributed by atoms with E-state index >= 15 is 0 Å². The zero-order valence-electron chi connectivity index (χ0n) is 15.7. The predicted molar refractivity (Wildman–Crippen MR) is 109 cm³/mol. The Morgan fingerprint density at radius 1 is 1.11 bits per heavy atom. The molecule has 1 aliphatic carbocycles. The number of aliphatic imine (C=N–C) groups is 1. The first-order valence-corrected chi connectivity index (χ1v) is 9.67. The minimum Gasteiger partial charge on any atom is -0.356 e. The average molecular weight is 362 g/mol. The highest BCUT2D eigenvalue weighted by atomic mass is 16.2. The van der Waals surface area contributed by atoms with Crippen molar-refractivity contribution < 1.29 is 4.79 Å². The molecular formula is C22H26N4O. The van der Waals surface area contributed by atoms with Gasteiger partial charge in [-0.1, -0.05) is 42.5 Å². The molecule has 2 aliphatic rings. The van der Waals surface area contributed by atoms with Gasteiger partial charge in [0, 0.05) is 38.3 Å². The van der Waals surface area contributed by atoms with Crippen LogP contribution in [-0.4, -0.2) is 38.5 Å². The van der Waals surface area contributed by atoms with Crippen LogP contribution in [0.25, 0.3) is 0 Å². The molecule has 1 atom stereocenters. The van der Waals surface area contributed by atoms with Gasteiger partial charge in [-0.2, -0.15) is 0 Å². The van der Waals surface area contributed by atoms with Crippen LogP contribution in [-0.2, 0) is 17.6 Å². The number of hydrogen-bond donors (Lipinski definition) is 2. The maximum Gasteiger partial charge on any atom is 0.231 e. The fourth-order valence-corrected chi connectivity index (χ4v) is 4.15. The number of nitrogens with zero attached hydrogens (tertiary/aromatic N) is 2. The first kappa shape index (κ1) is 17.6. The maximum absolute atomic E-state index is 12.2. The fourth-order valence-electron chi connectivity index (χ4n) is 4.15. The molecule has 4 rings (SSSR count). The van der Waals surface area contributed by atoms with E-state index in [0.717, 1.165) is 30.2 Å². The van der Waals surface area contributed by atoms with E-state index in [0.29, 0.717) is 25.4 Å². The Morgan fingerprint density at radius 3 is 2.74 bits per heavy atom. The number of guanidine groups is 1. The fraction of sp³-hybridized carbons (Fsp3) is 0.364. The van der Waals surface area contributed by atoms with Gasteiger partial charge in [0.1, 0.15) is 0 Å². The Kier molecular flexibility index (Phi) is 5.10. The minimum atomic E-state index is 0.170. The molecule has 0 radical (unpaired) electrons. The van der Waals surface area contributed by atoms with Gasteiger partial charge in [-0.05, 0) is 35.6 Å². The number of nitrogens with one attached hydrogen (secondary N) is 2. The normalized spacial score (nSPS) is 18.4. The van der Waals surface area contributed by atoms with Crippen LogP contribution in [0.15, 0.2) is 53.5 Å². The highest BCUT2D eigenvalue weighted by Gasteiger charge is 2.26. The quantitative estimate of drug-likeness (QED) is 0.635. The second kappa shape index (κ2) is 7.82. The molecule has 5 nitrogen and oxygen atoms in total. The number of rotatable bonds is 5. The molecule has 2 aromatic rings. The number of carbonyl (C=O) groups is 1. The van der Waals surface area contributed by atoms with E-state index in [9.17, 15) is 4.79 Å². The van der Waals surface area contributed by atoms with Crippen molar-refractivity contribution in [3.8, 4) is 0 Å². The van der Waals surface area contributed by atoms with E-state index < -0.39 is 0 Å². The molecule has 1 amide bonds. The number of benzene rings is 2. The molecule has 0 spiro atoms. The highest BCUT2D eigenvalue weighted by molar-refractivity contribution is 6.01. The van der Waals surface area contributed by atoms with E-state index in [1.807, 2.05) is 29.2 Å². The summed E-state index contributed by atoms with van der Waals surface area (Å²) in [6.07, 6.45) is 2.84. The van der Waals surface area contributed by atoms with E-state index in [-0.39, 0.29) is 5.91 Å². The standard InChI is InChI=1S/C22H26N4O/c1-23-22(25-15-18-11-10-16-6-2-4-8-19(16)18)24-12-13-26-20-9-5-3-7-17(20)14-21(26)27/h2-9,18H,10-15H2,1H3,(H2,23,24,25). The molecule has 5 heteroatoms. The lowest BCUT2D eigenvalue weighted by Crippen LogP contribution is -2.43. The van der Waals surface area contributed by atoms with Crippen molar-refractivity contribution in [2.24, 2.45) is 4.99 Å². The Morgan fingerprint density at radius 2 is 1.89 bits per heavy atom. The summed E-state index contributed by atoms with van der Waals surface area (Å²) in [4.78, 5) is 18.4. The van der Waals surface area contributed by atoms with Gasteiger partial charge in [0.05, 0.1) is 6.42 Å². The minimum absolute atomic E-state index is 0.170. The van der Waals surface area contributed by atoms with Crippen LogP contribution in [0.4, 0.5) is 5.69 Å². The number of amides is 1. The summed E-state index contributed by atoms with van der Waals surface area (Å²) < 4.78 is 0. The van der Waals surface area contributed by atoms with Gasteiger partial charge in [0.25, 0.3) is 0 Å². The Bertz CT molecular complexity index is 861. The lowest BCUT2D eigenvalue weighted by Gasteiger charge is -2.20.